The standard InChI is InChI=1S/C16H22N2O4S/c1-5-16(20)18(3)11-15(19)17-10-12(2)13-6-8-14(9-7-13)23(4,21)22/h5-9,12H,1,10-11H2,2-4H3,(H,17,19). The van der Waals surface area contributed by atoms with Gasteiger partial charge in [0.05, 0.1) is 11.4 Å². The molecule has 1 atom stereocenters. The molecule has 2 amide bonds. The van der Waals surface area contributed by atoms with Gasteiger partial charge in [-0.3, -0.25) is 9.59 Å². The summed E-state index contributed by atoms with van der Waals surface area (Å²) in [6.07, 6.45) is 2.31. The first-order valence-electron chi connectivity index (χ1n) is 7.09. The molecule has 126 valence electrons. The predicted octanol–water partition coefficient (Wildman–Crippen LogP) is 0.954. The van der Waals surface area contributed by atoms with E-state index in [2.05, 4.69) is 11.9 Å². The third-order valence-electron chi connectivity index (χ3n) is 3.41. The third-order valence-corrected chi connectivity index (χ3v) is 4.54. The SMILES string of the molecule is C=CC(=O)N(C)CC(=O)NCC(C)c1ccc(S(C)(=O)=O)cc1. The number of likely N-dealkylation sites (N-methyl/N-ethyl adjacent to an activating group) is 1. The van der Waals surface area contributed by atoms with Gasteiger partial charge in [0.25, 0.3) is 0 Å². The molecular formula is C16H22N2O4S. The van der Waals surface area contributed by atoms with Crippen LogP contribution in [0.5, 0.6) is 0 Å². The highest BCUT2D eigenvalue weighted by Crippen LogP contribution is 2.17. The second kappa shape index (κ2) is 7.92. The number of nitrogens with zero attached hydrogens (tertiary/aromatic N) is 1. The molecule has 0 fully saturated rings. The Morgan fingerprint density at radius 1 is 1.30 bits per heavy atom. The van der Waals surface area contributed by atoms with E-state index < -0.39 is 9.84 Å². The van der Waals surface area contributed by atoms with E-state index in [4.69, 9.17) is 0 Å². The summed E-state index contributed by atoms with van der Waals surface area (Å²) < 4.78 is 22.8. The number of nitrogens with one attached hydrogen (secondary N) is 1. The second-order valence-electron chi connectivity index (χ2n) is 5.44. The molecule has 0 aliphatic carbocycles. The number of hydrogen-bond acceptors (Lipinski definition) is 4. The Kier molecular flexibility index (Phi) is 6.50. The average molecular weight is 338 g/mol. The minimum Gasteiger partial charge on any atom is -0.354 e. The van der Waals surface area contributed by atoms with Gasteiger partial charge in [0.15, 0.2) is 9.84 Å². The van der Waals surface area contributed by atoms with Gasteiger partial charge in [-0.1, -0.05) is 25.6 Å². The van der Waals surface area contributed by atoms with E-state index in [0.717, 1.165) is 17.9 Å². The molecule has 1 aromatic carbocycles. The quantitative estimate of drug-likeness (QED) is 0.751. The Hall–Kier alpha value is -2.15. The number of rotatable bonds is 7. The molecule has 0 spiro atoms. The maximum Gasteiger partial charge on any atom is 0.246 e. The van der Waals surface area contributed by atoms with Gasteiger partial charge in [0, 0.05) is 19.8 Å². The molecule has 1 unspecified atom stereocenters. The van der Waals surface area contributed by atoms with Crippen molar-refractivity contribution in [3.05, 3.63) is 42.5 Å². The number of benzene rings is 1. The zero-order valence-electron chi connectivity index (χ0n) is 13.6. The Morgan fingerprint density at radius 2 is 1.87 bits per heavy atom. The van der Waals surface area contributed by atoms with Crippen molar-refractivity contribution in [2.24, 2.45) is 0 Å². The summed E-state index contributed by atoms with van der Waals surface area (Å²) in [5, 5.41) is 2.75. The largest absolute Gasteiger partial charge is 0.354 e. The predicted molar refractivity (Wildman–Crippen MR) is 88.8 cm³/mol. The van der Waals surface area contributed by atoms with Crippen molar-refractivity contribution in [3.8, 4) is 0 Å². The molecule has 0 heterocycles. The van der Waals surface area contributed by atoms with Crippen molar-refractivity contribution in [2.45, 2.75) is 17.7 Å². The van der Waals surface area contributed by atoms with Gasteiger partial charge in [0.1, 0.15) is 0 Å². The molecule has 7 heteroatoms. The summed E-state index contributed by atoms with van der Waals surface area (Å²) in [6, 6.07) is 6.58. The van der Waals surface area contributed by atoms with Crippen LogP contribution in [0.2, 0.25) is 0 Å². The van der Waals surface area contributed by atoms with Gasteiger partial charge in [-0.2, -0.15) is 0 Å². The Labute approximate surface area is 137 Å². The van der Waals surface area contributed by atoms with Gasteiger partial charge in [-0.25, -0.2) is 8.42 Å². The smallest absolute Gasteiger partial charge is 0.246 e. The van der Waals surface area contributed by atoms with Crippen molar-refractivity contribution in [1.29, 1.82) is 0 Å². The fraction of sp³-hybridized carbons (Fsp3) is 0.375. The van der Waals surface area contributed by atoms with E-state index in [1.807, 2.05) is 6.92 Å². The van der Waals surface area contributed by atoms with Crippen LogP contribution < -0.4 is 5.32 Å². The maximum atomic E-state index is 11.8. The van der Waals surface area contributed by atoms with Crippen molar-refractivity contribution < 1.29 is 18.0 Å². The highest BCUT2D eigenvalue weighted by molar-refractivity contribution is 7.90. The highest BCUT2D eigenvalue weighted by atomic mass is 32.2. The Balaban J connectivity index is 2.56. The highest BCUT2D eigenvalue weighted by Gasteiger charge is 2.13. The van der Waals surface area contributed by atoms with Crippen LogP contribution in [0.25, 0.3) is 0 Å². The summed E-state index contributed by atoms with van der Waals surface area (Å²) in [5.74, 6) is -0.556. The summed E-state index contributed by atoms with van der Waals surface area (Å²) in [4.78, 5) is 24.6. The summed E-state index contributed by atoms with van der Waals surface area (Å²) in [7, 11) is -1.69. The first-order chi connectivity index (χ1) is 10.6. The van der Waals surface area contributed by atoms with E-state index in [-0.39, 0.29) is 29.2 Å². The van der Waals surface area contributed by atoms with E-state index in [9.17, 15) is 18.0 Å². The maximum absolute atomic E-state index is 11.8. The van der Waals surface area contributed by atoms with Crippen LogP contribution in [-0.2, 0) is 19.4 Å². The molecule has 0 radical (unpaired) electrons. The Bertz CT molecular complexity index is 681. The van der Waals surface area contributed by atoms with Crippen LogP contribution in [0.4, 0.5) is 0 Å². The lowest BCUT2D eigenvalue weighted by atomic mass is 10.0. The number of hydrogen-bond donors (Lipinski definition) is 1. The normalized spacial score (nSPS) is 12.3. The van der Waals surface area contributed by atoms with Gasteiger partial charge in [-0.15, -0.1) is 0 Å². The van der Waals surface area contributed by atoms with Crippen molar-refractivity contribution in [1.82, 2.24) is 10.2 Å². The van der Waals surface area contributed by atoms with Gasteiger partial charge in [-0.05, 0) is 29.7 Å². The summed E-state index contributed by atoms with van der Waals surface area (Å²) >= 11 is 0. The molecule has 1 rings (SSSR count). The van der Waals surface area contributed by atoms with Crippen LogP contribution in [0.1, 0.15) is 18.4 Å². The lowest BCUT2D eigenvalue weighted by Gasteiger charge is -2.17. The van der Waals surface area contributed by atoms with Crippen molar-refractivity contribution >= 4 is 21.7 Å². The lowest BCUT2D eigenvalue weighted by Crippen LogP contribution is -2.38. The van der Waals surface area contributed by atoms with E-state index >= 15 is 0 Å². The molecule has 23 heavy (non-hydrogen) atoms. The van der Waals surface area contributed by atoms with Gasteiger partial charge < -0.3 is 10.2 Å². The van der Waals surface area contributed by atoms with Crippen molar-refractivity contribution in [3.63, 3.8) is 0 Å². The molecule has 1 N–H and O–H groups in total. The molecule has 0 saturated heterocycles. The van der Waals surface area contributed by atoms with E-state index in [1.165, 1.54) is 11.9 Å². The summed E-state index contributed by atoms with van der Waals surface area (Å²) in [5.41, 5.74) is 0.924. The minimum atomic E-state index is -3.21. The monoisotopic (exact) mass is 338 g/mol. The zero-order valence-corrected chi connectivity index (χ0v) is 14.4. The van der Waals surface area contributed by atoms with Crippen LogP contribution in [0.3, 0.4) is 0 Å². The minimum absolute atomic E-state index is 0.0213. The van der Waals surface area contributed by atoms with E-state index in [1.54, 1.807) is 24.3 Å². The molecule has 0 aromatic heterocycles. The molecule has 0 saturated carbocycles. The third kappa shape index (κ3) is 5.86. The lowest BCUT2D eigenvalue weighted by molar-refractivity contribution is -0.131. The fourth-order valence-corrected chi connectivity index (χ4v) is 2.56. The number of amides is 2. The van der Waals surface area contributed by atoms with Crippen LogP contribution in [0, 0.1) is 0 Å². The molecule has 1 aromatic rings. The molecule has 0 aliphatic rings. The Morgan fingerprint density at radius 3 is 2.35 bits per heavy atom. The van der Waals surface area contributed by atoms with Gasteiger partial charge >= 0.3 is 0 Å². The van der Waals surface area contributed by atoms with Crippen molar-refractivity contribution in [2.75, 3.05) is 26.4 Å². The first kappa shape index (κ1) is 18.9. The second-order valence-corrected chi connectivity index (χ2v) is 7.46. The topological polar surface area (TPSA) is 83.6 Å². The average Bonchev–Trinajstić information content (AvgIpc) is 2.50. The van der Waals surface area contributed by atoms with Gasteiger partial charge in [0.2, 0.25) is 11.8 Å². The zero-order chi connectivity index (χ0) is 17.6. The molecule has 0 bridgehead atoms. The number of sulfone groups is 1. The van der Waals surface area contributed by atoms with Crippen LogP contribution >= 0.6 is 0 Å². The van der Waals surface area contributed by atoms with E-state index in [0.29, 0.717) is 6.54 Å². The summed E-state index contributed by atoms with van der Waals surface area (Å²) in [6.45, 7) is 5.65. The number of carbonyl (C=O) groups is 2. The fourth-order valence-electron chi connectivity index (χ4n) is 1.93. The first-order valence-corrected chi connectivity index (χ1v) is 8.98. The molecule has 6 nitrogen and oxygen atoms in total. The van der Waals surface area contributed by atoms with Crippen LogP contribution in [-0.4, -0.2) is 51.5 Å². The molecular weight excluding hydrogens is 316 g/mol. The number of carbonyl (C=O) groups excluding carboxylic acids is 2. The van der Waals surface area contributed by atoms with Crippen LogP contribution in [0.15, 0.2) is 41.8 Å². The molecule has 0 aliphatic heterocycles.